The fraction of sp³-hybridized carbons (Fsp3) is 0.545. The van der Waals surface area contributed by atoms with E-state index in [1.807, 2.05) is 10.7 Å². The molecule has 0 radical (unpaired) electrons. The van der Waals surface area contributed by atoms with Crippen LogP contribution in [-0.4, -0.2) is 36.7 Å². The summed E-state index contributed by atoms with van der Waals surface area (Å²) in [5.74, 6) is 0.838. The van der Waals surface area contributed by atoms with Gasteiger partial charge in [0, 0.05) is 12.6 Å². The average Bonchev–Trinajstić information content (AvgIpc) is 3.18. The van der Waals surface area contributed by atoms with Gasteiger partial charge < -0.3 is 5.32 Å². The number of nitrogens with zero attached hydrogens (tertiary/aromatic N) is 6. The molecule has 1 saturated carbocycles. The first-order chi connectivity index (χ1) is 9.36. The number of hydrogen-bond donors (Lipinski definition) is 1. The van der Waals surface area contributed by atoms with E-state index < -0.39 is 0 Å². The smallest absolute Gasteiger partial charge is 0.215 e. The van der Waals surface area contributed by atoms with Crippen LogP contribution in [0.15, 0.2) is 22.6 Å². The first-order valence-electron chi connectivity index (χ1n) is 6.38. The summed E-state index contributed by atoms with van der Waals surface area (Å²) < 4.78 is 1.88. The van der Waals surface area contributed by atoms with Gasteiger partial charge in [-0.05, 0) is 41.5 Å². The van der Waals surface area contributed by atoms with Crippen molar-refractivity contribution in [2.24, 2.45) is 0 Å². The van der Waals surface area contributed by atoms with Gasteiger partial charge >= 0.3 is 0 Å². The molecule has 7 nitrogen and oxygen atoms in total. The maximum atomic E-state index is 4.25. The van der Waals surface area contributed by atoms with E-state index in [0.29, 0.717) is 6.04 Å². The predicted octanol–water partition coefficient (Wildman–Crippen LogP) is 1.77. The van der Waals surface area contributed by atoms with Crippen molar-refractivity contribution in [2.75, 3.05) is 11.9 Å². The van der Waals surface area contributed by atoms with Gasteiger partial charge in [-0.3, -0.25) is 0 Å². The van der Waals surface area contributed by atoms with Crippen LogP contribution in [0.25, 0.3) is 0 Å². The van der Waals surface area contributed by atoms with Gasteiger partial charge in [0.25, 0.3) is 0 Å². The Hall–Kier alpha value is -1.70. The molecule has 1 aliphatic carbocycles. The molecule has 3 rings (SSSR count). The van der Waals surface area contributed by atoms with Crippen LogP contribution in [0, 0.1) is 0 Å². The minimum atomic E-state index is 0.469. The summed E-state index contributed by atoms with van der Waals surface area (Å²) in [5.41, 5.74) is 0. The Morgan fingerprint density at radius 3 is 3.11 bits per heavy atom. The van der Waals surface area contributed by atoms with Gasteiger partial charge in [0.1, 0.15) is 17.2 Å². The number of rotatable bonds is 6. The molecular formula is C11H15N7S. The molecule has 0 unspecified atom stereocenters. The molecule has 1 aliphatic rings. The molecule has 1 N–H and O–H groups in total. The topological polar surface area (TPSA) is 81.4 Å². The van der Waals surface area contributed by atoms with E-state index in [4.69, 9.17) is 0 Å². The Morgan fingerprint density at radius 1 is 1.42 bits per heavy atom. The lowest BCUT2D eigenvalue weighted by molar-refractivity contribution is 0.565. The second-order valence-corrected chi connectivity index (χ2v) is 5.40. The highest BCUT2D eigenvalue weighted by molar-refractivity contribution is 7.99. The largest absolute Gasteiger partial charge is 0.370 e. The summed E-state index contributed by atoms with van der Waals surface area (Å²) in [7, 11) is 0. The highest BCUT2D eigenvalue weighted by Crippen LogP contribution is 2.37. The van der Waals surface area contributed by atoms with Crippen molar-refractivity contribution >= 4 is 17.6 Å². The van der Waals surface area contributed by atoms with E-state index in [2.05, 4.69) is 37.7 Å². The summed E-state index contributed by atoms with van der Waals surface area (Å²) in [6.45, 7) is 3.02. The number of aromatic nitrogens is 6. The number of tetrazole rings is 1. The van der Waals surface area contributed by atoms with Gasteiger partial charge in [-0.25, -0.2) is 14.6 Å². The lowest BCUT2D eigenvalue weighted by Crippen LogP contribution is -2.02. The number of hydrogen-bond acceptors (Lipinski definition) is 7. The molecule has 0 amide bonds. The second-order valence-electron chi connectivity index (χ2n) is 4.41. The Kier molecular flexibility index (Phi) is 3.58. The Labute approximate surface area is 115 Å². The summed E-state index contributed by atoms with van der Waals surface area (Å²) in [6.07, 6.45) is 4.94. The zero-order valence-corrected chi connectivity index (χ0v) is 11.5. The van der Waals surface area contributed by atoms with E-state index in [1.54, 1.807) is 6.33 Å². The Bertz CT molecular complexity index is 551. The van der Waals surface area contributed by atoms with Crippen molar-refractivity contribution in [3.05, 3.63) is 12.4 Å². The van der Waals surface area contributed by atoms with Gasteiger partial charge in [-0.15, -0.1) is 5.10 Å². The molecular weight excluding hydrogens is 262 g/mol. The van der Waals surface area contributed by atoms with Crippen LogP contribution in [0.1, 0.15) is 32.2 Å². The molecule has 0 bridgehead atoms. The first kappa shape index (κ1) is 12.3. The fourth-order valence-electron chi connectivity index (χ4n) is 1.64. The summed E-state index contributed by atoms with van der Waals surface area (Å²) in [5, 5.41) is 16.7. The third kappa shape index (κ3) is 3.01. The van der Waals surface area contributed by atoms with Crippen molar-refractivity contribution < 1.29 is 0 Å². The van der Waals surface area contributed by atoms with Crippen molar-refractivity contribution in [3.8, 4) is 0 Å². The lowest BCUT2D eigenvalue weighted by atomic mass is 10.4. The highest BCUT2D eigenvalue weighted by atomic mass is 32.2. The van der Waals surface area contributed by atoms with Crippen LogP contribution in [0.5, 0.6) is 0 Å². The molecule has 100 valence electrons. The quantitative estimate of drug-likeness (QED) is 0.806. The molecule has 2 heterocycles. The SMILES string of the molecule is CCCNc1cc(Sc2nnnn2C2CC2)ncn1. The maximum absolute atomic E-state index is 4.25. The van der Waals surface area contributed by atoms with E-state index in [9.17, 15) is 0 Å². The number of nitrogens with one attached hydrogen (secondary N) is 1. The van der Waals surface area contributed by atoms with Crippen LogP contribution < -0.4 is 5.32 Å². The van der Waals surface area contributed by atoms with Crippen molar-refractivity contribution in [1.29, 1.82) is 0 Å². The van der Waals surface area contributed by atoms with Crippen LogP contribution >= 0.6 is 11.8 Å². The van der Waals surface area contributed by atoms with E-state index in [1.165, 1.54) is 11.8 Å². The molecule has 19 heavy (non-hydrogen) atoms. The van der Waals surface area contributed by atoms with Crippen molar-refractivity contribution in [1.82, 2.24) is 30.2 Å². The molecule has 0 aliphatic heterocycles. The third-order valence-corrected chi connectivity index (χ3v) is 3.63. The third-order valence-electron chi connectivity index (χ3n) is 2.75. The zero-order chi connectivity index (χ0) is 13.1. The van der Waals surface area contributed by atoms with Gasteiger partial charge in [0.2, 0.25) is 5.16 Å². The second kappa shape index (κ2) is 5.52. The summed E-state index contributed by atoms with van der Waals surface area (Å²) in [4.78, 5) is 8.43. The van der Waals surface area contributed by atoms with Gasteiger partial charge in [-0.2, -0.15) is 0 Å². The molecule has 1 fully saturated rings. The van der Waals surface area contributed by atoms with Crippen LogP contribution in [0.3, 0.4) is 0 Å². The standard InChI is InChI=1S/C11H15N7S/c1-2-5-12-9-6-10(14-7-13-9)19-11-15-16-17-18(11)8-3-4-8/h6-8H,2-5H2,1H3,(H,12,13,14). The monoisotopic (exact) mass is 277 g/mol. The normalized spacial score (nSPS) is 14.6. The minimum absolute atomic E-state index is 0.469. The molecule has 0 atom stereocenters. The molecule has 0 aromatic carbocycles. The Balaban J connectivity index is 1.73. The fourth-order valence-corrected chi connectivity index (χ4v) is 2.45. The van der Waals surface area contributed by atoms with Gasteiger partial charge in [0.15, 0.2) is 0 Å². The van der Waals surface area contributed by atoms with Crippen molar-refractivity contribution in [3.63, 3.8) is 0 Å². The molecule has 2 aromatic rings. The highest BCUT2D eigenvalue weighted by Gasteiger charge is 2.28. The minimum Gasteiger partial charge on any atom is -0.370 e. The maximum Gasteiger partial charge on any atom is 0.215 e. The van der Waals surface area contributed by atoms with Crippen molar-refractivity contribution in [2.45, 2.75) is 42.4 Å². The lowest BCUT2D eigenvalue weighted by Gasteiger charge is -2.05. The molecule has 8 heteroatoms. The summed E-state index contributed by atoms with van der Waals surface area (Å²) in [6, 6.07) is 2.39. The van der Waals surface area contributed by atoms with E-state index >= 15 is 0 Å². The number of anilines is 1. The molecule has 0 spiro atoms. The van der Waals surface area contributed by atoms with Gasteiger partial charge in [-0.1, -0.05) is 6.92 Å². The van der Waals surface area contributed by atoms with E-state index in [-0.39, 0.29) is 0 Å². The molecule has 2 aromatic heterocycles. The van der Waals surface area contributed by atoms with Gasteiger partial charge in [0.05, 0.1) is 6.04 Å². The zero-order valence-electron chi connectivity index (χ0n) is 10.7. The van der Waals surface area contributed by atoms with E-state index in [0.717, 1.165) is 41.8 Å². The summed E-state index contributed by atoms with van der Waals surface area (Å²) >= 11 is 1.47. The van der Waals surface area contributed by atoms with Crippen LogP contribution in [0.4, 0.5) is 5.82 Å². The van der Waals surface area contributed by atoms with Crippen LogP contribution in [0.2, 0.25) is 0 Å². The average molecular weight is 277 g/mol. The predicted molar refractivity (Wildman–Crippen MR) is 71.0 cm³/mol. The first-order valence-corrected chi connectivity index (χ1v) is 7.20. The Morgan fingerprint density at radius 2 is 2.32 bits per heavy atom. The van der Waals surface area contributed by atoms with Crippen LogP contribution in [-0.2, 0) is 0 Å². The molecule has 0 saturated heterocycles.